The highest BCUT2D eigenvalue weighted by Gasteiger charge is 2.11. The van der Waals surface area contributed by atoms with E-state index in [2.05, 4.69) is 42.5 Å². The zero-order valence-electron chi connectivity index (χ0n) is 13.2. The van der Waals surface area contributed by atoms with Gasteiger partial charge in [0.1, 0.15) is 5.75 Å². The molecule has 2 unspecified atom stereocenters. The zero-order chi connectivity index (χ0) is 15.0. The lowest BCUT2D eigenvalue weighted by atomic mass is 10.0. The lowest BCUT2D eigenvalue weighted by molar-refractivity contribution is 0.406. The molecule has 0 amide bonds. The summed E-state index contributed by atoms with van der Waals surface area (Å²) in [5, 5.41) is 6.73. The lowest BCUT2D eigenvalue weighted by Gasteiger charge is -2.20. The van der Waals surface area contributed by atoms with Crippen LogP contribution in [0.1, 0.15) is 38.7 Å². The number of methoxy groups -OCH3 is 1. The van der Waals surface area contributed by atoms with E-state index in [4.69, 9.17) is 4.74 Å². The van der Waals surface area contributed by atoms with Crippen molar-refractivity contribution < 1.29 is 4.74 Å². The largest absolute Gasteiger partial charge is 0.496 e. The Hall–Kier alpha value is -1.71. The summed E-state index contributed by atoms with van der Waals surface area (Å²) in [6.45, 7) is 7.30. The Morgan fingerprint density at radius 2 is 2.00 bits per heavy atom. The minimum Gasteiger partial charge on any atom is -0.496 e. The fraction of sp³-hybridized carbons (Fsp3) is 0.562. The van der Waals surface area contributed by atoms with Crippen LogP contribution in [0.15, 0.2) is 29.3 Å². The fourth-order valence-electron chi connectivity index (χ4n) is 1.96. The molecule has 0 aromatic heterocycles. The molecule has 4 heteroatoms. The normalized spacial score (nSPS) is 14.6. The van der Waals surface area contributed by atoms with Crippen LogP contribution >= 0.6 is 0 Å². The maximum atomic E-state index is 5.41. The molecule has 0 heterocycles. The smallest absolute Gasteiger partial charge is 0.191 e. The Morgan fingerprint density at radius 3 is 2.60 bits per heavy atom. The molecule has 4 nitrogen and oxygen atoms in total. The first-order valence-corrected chi connectivity index (χ1v) is 7.22. The van der Waals surface area contributed by atoms with Gasteiger partial charge in [-0.1, -0.05) is 32.0 Å². The Kier molecular flexibility index (Phi) is 6.91. The van der Waals surface area contributed by atoms with Crippen molar-refractivity contribution >= 4 is 5.96 Å². The number of rotatable bonds is 6. The van der Waals surface area contributed by atoms with E-state index in [0.717, 1.165) is 24.7 Å². The first-order valence-electron chi connectivity index (χ1n) is 7.22. The topological polar surface area (TPSA) is 45.7 Å². The highest BCUT2D eigenvalue weighted by Crippen LogP contribution is 2.25. The molecule has 2 atom stereocenters. The van der Waals surface area contributed by atoms with Crippen LogP contribution in [0.4, 0.5) is 0 Å². The van der Waals surface area contributed by atoms with Crippen molar-refractivity contribution in [2.45, 2.75) is 39.2 Å². The van der Waals surface area contributed by atoms with Gasteiger partial charge in [0.05, 0.1) is 7.11 Å². The summed E-state index contributed by atoms with van der Waals surface area (Å²) in [4.78, 5) is 4.25. The van der Waals surface area contributed by atoms with E-state index in [0.29, 0.717) is 12.0 Å². The van der Waals surface area contributed by atoms with Crippen LogP contribution in [0.5, 0.6) is 5.75 Å². The Bertz CT molecular complexity index is 431. The maximum Gasteiger partial charge on any atom is 0.191 e. The molecule has 0 aliphatic carbocycles. The quantitative estimate of drug-likeness (QED) is 0.621. The lowest BCUT2D eigenvalue weighted by Crippen LogP contribution is -2.43. The van der Waals surface area contributed by atoms with Gasteiger partial charge < -0.3 is 15.4 Å². The van der Waals surface area contributed by atoms with E-state index < -0.39 is 0 Å². The monoisotopic (exact) mass is 277 g/mol. The molecule has 0 saturated carbocycles. The third-order valence-corrected chi connectivity index (χ3v) is 3.46. The summed E-state index contributed by atoms with van der Waals surface area (Å²) in [6.07, 6.45) is 1.07. The number of nitrogens with zero attached hydrogens (tertiary/aromatic N) is 1. The molecule has 112 valence electrons. The van der Waals surface area contributed by atoms with E-state index >= 15 is 0 Å². The number of nitrogens with one attached hydrogen (secondary N) is 2. The average Bonchev–Trinajstić information content (AvgIpc) is 2.50. The van der Waals surface area contributed by atoms with Gasteiger partial charge in [0, 0.05) is 25.6 Å². The van der Waals surface area contributed by atoms with Gasteiger partial charge in [-0.15, -0.1) is 0 Å². The summed E-state index contributed by atoms with van der Waals surface area (Å²) in [5.74, 6) is 2.13. The minimum absolute atomic E-state index is 0.349. The van der Waals surface area contributed by atoms with Gasteiger partial charge in [0.2, 0.25) is 0 Å². The molecule has 0 spiro atoms. The molecule has 1 rings (SSSR count). The van der Waals surface area contributed by atoms with Gasteiger partial charge in [-0.05, 0) is 25.0 Å². The zero-order valence-corrected chi connectivity index (χ0v) is 13.2. The summed E-state index contributed by atoms with van der Waals surface area (Å²) < 4.78 is 5.41. The van der Waals surface area contributed by atoms with E-state index in [1.54, 1.807) is 14.2 Å². The number of guanidine groups is 1. The number of hydrogen-bond donors (Lipinski definition) is 2. The summed E-state index contributed by atoms with van der Waals surface area (Å²) in [5.41, 5.74) is 1.21. The van der Waals surface area contributed by atoms with Crippen LogP contribution in [-0.4, -0.2) is 32.7 Å². The van der Waals surface area contributed by atoms with Crippen molar-refractivity contribution in [1.82, 2.24) is 10.6 Å². The predicted molar refractivity (Wildman–Crippen MR) is 85.7 cm³/mol. The van der Waals surface area contributed by atoms with Crippen molar-refractivity contribution in [1.29, 1.82) is 0 Å². The molecular formula is C16H27N3O. The molecule has 0 radical (unpaired) electrons. The van der Waals surface area contributed by atoms with Gasteiger partial charge in [0.25, 0.3) is 0 Å². The molecule has 0 saturated heterocycles. The Balaban J connectivity index is 2.60. The summed E-state index contributed by atoms with van der Waals surface area (Å²) in [7, 11) is 3.51. The van der Waals surface area contributed by atoms with Gasteiger partial charge in [0.15, 0.2) is 5.96 Å². The van der Waals surface area contributed by atoms with Crippen LogP contribution in [0.25, 0.3) is 0 Å². The van der Waals surface area contributed by atoms with Crippen molar-refractivity contribution in [3.05, 3.63) is 29.8 Å². The third kappa shape index (κ3) is 4.76. The second-order valence-corrected chi connectivity index (χ2v) is 5.05. The molecule has 0 aliphatic rings. The number of ether oxygens (including phenoxy) is 1. The number of benzene rings is 1. The second kappa shape index (κ2) is 8.46. The fourth-order valence-corrected chi connectivity index (χ4v) is 1.96. The molecule has 0 aliphatic heterocycles. The van der Waals surface area contributed by atoms with Crippen molar-refractivity contribution in [2.24, 2.45) is 4.99 Å². The van der Waals surface area contributed by atoms with Gasteiger partial charge in [-0.3, -0.25) is 4.99 Å². The van der Waals surface area contributed by atoms with E-state index in [-0.39, 0.29) is 0 Å². The highest BCUT2D eigenvalue weighted by atomic mass is 16.5. The third-order valence-electron chi connectivity index (χ3n) is 3.46. The van der Waals surface area contributed by atoms with Crippen LogP contribution in [0.3, 0.4) is 0 Å². The van der Waals surface area contributed by atoms with Gasteiger partial charge in [-0.25, -0.2) is 0 Å². The van der Waals surface area contributed by atoms with Crippen LogP contribution < -0.4 is 15.4 Å². The summed E-state index contributed by atoms with van der Waals surface area (Å²) >= 11 is 0. The molecule has 1 aromatic carbocycles. The molecule has 2 N–H and O–H groups in total. The first-order chi connectivity index (χ1) is 9.62. The van der Waals surface area contributed by atoms with E-state index in [1.165, 1.54) is 5.56 Å². The number of aliphatic imine (C=N–C) groups is 1. The van der Waals surface area contributed by atoms with E-state index in [9.17, 15) is 0 Å². The van der Waals surface area contributed by atoms with Crippen molar-refractivity contribution in [3.8, 4) is 5.75 Å². The van der Waals surface area contributed by atoms with E-state index in [1.807, 2.05) is 18.2 Å². The first kappa shape index (κ1) is 16.3. The number of para-hydroxylation sites is 1. The maximum absolute atomic E-state index is 5.41. The standard InChI is InChI=1S/C16H27N3O/c1-6-13(3)19-16(17-4)18-11-12(2)14-9-7-8-10-15(14)20-5/h7-10,12-13H,6,11H2,1-5H3,(H2,17,18,19). The minimum atomic E-state index is 0.349. The molecule has 0 fully saturated rings. The van der Waals surface area contributed by atoms with Crippen molar-refractivity contribution in [3.63, 3.8) is 0 Å². The molecule has 0 bridgehead atoms. The van der Waals surface area contributed by atoms with Crippen LogP contribution in [-0.2, 0) is 0 Å². The Labute approximate surface area is 122 Å². The van der Waals surface area contributed by atoms with Gasteiger partial charge in [-0.2, -0.15) is 0 Å². The van der Waals surface area contributed by atoms with Crippen LogP contribution in [0.2, 0.25) is 0 Å². The predicted octanol–water partition coefficient (Wildman–Crippen LogP) is 2.76. The Morgan fingerprint density at radius 1 is 1.30 bits per heavy atom. The highest BCUT2D eigenvalue weighted by molar-refractivity contribution is 5.79. The number of hydrogen-bond acceptors (Lipinski definition) is 2. The molecule has 1 aromatic rings. The SMILES string of the molecule is CCC(C)NC(=NC)NCC(C)c1ccccc1OC. The average molecular weight is 277 g/mol. The summed E-state index contributed by atoms with van der Waals surface area (Å²) in [6, 6.07) is 8.56. The van der Waals surface area contributed by atoms with Crippen molar-refractivity contribution in [2.75, 3.05) is 20.7 Å². The second-order valence-electron chi connectivity index (χ2n) is 5.05. The van der Waals surface area contributed by atoms with Crippen LogP contribution in [0, 0.1) is 0 Å². The molecular weight excluding hydrogens is 250 g/mol. The van der Waals surface area contributed by atoms with Gasteiger partial charge >= 0.3 is 0 Å². The molecule has 20 heavy (non-hydrogen) atoms.